The molecule has 2 heterocycles. The van der Waals surface area contributed by atoms with Gasteiger partial charge >= 0.3 is 0 Å². The van der Waals surface area contributed by atoms with Crippen molar-refractivity contribution in [2.24, 2.45) is 0 Å². The number of carbonyl (C=O) groups excluding carboxylic acids is 1. The van der Waals surface area contributed by atoms with Crippen LogP contribution in [0.3, 0.4) is 0 Å². The summed E-state index contributed by atoms with van der Waals surface area (Å²) in [4.78, 5) is 15.7. The smallest absolute Gasteiger partial charge is 0.232 e. The van der Waals surface area contributed by atoms with Crippen molar-refractivity contribution >= 4 is 22.8 Å². The van der Waals surface area contributed by atoms with E-state index in [9.17, 15) is 4.79 Å². The standard InChI is InChI=1S/C29H36N2O3/c1-18(2)20-13-23(19(3)4)28-26(14-20)34-27(29(28)32)15-21-17-31(12-8-11-30(5)6)25-10-9-22(33-7)16-24(21)25/h9-10,13-19H,8,11-12H2,1-7H3. The third-order valence-electron chi connectivity index (χ3n) is 6.52. The van der Waals surface area contributed by atoms with Crippen LogP contribution in [0.4, 0.5) is 0 Å². The number of hydrogen-bond acceptors (Lipinski definition) is 4. The minimum Gasteiger partial charge on any atom is -0.497 e. The van der Waals surface area contributed by atoms with Crippen LogP contribution in [0.15, 0.2) is 42.3 Å². The summed E-state index contributed by atoms with van der Waals surface area (Å²) in [7, 11) is 5.85. The number of benzene rings is 2. The first-order chi connectivity index (χ1) is 16.2. The molecular weight excluding hydrogens is 424 g/mol. The number of methoxy groups -OCH3 is 1. The maximum absolute atomic E-state index is 13.5. The molecule has 0 saturated heterocycles. The Bertz CT molecular complexity index is 1250. The highest BCUT2D eigenvalue weighted by molar-refractivity contribution is 6.16. The molecule has 5 heteroatoms. The van der Waals surface area contributed by atoms with Crippen molar-refractivity contribution in [3.63, 3.8) is 0 Å². The minimum absolute atomic E-state index is 0.0367. The number of Topliss-reactive ketones (excluding diaryl/α,β-unsaturated/α-hetero) is 1. The van der Waals surface area contributed by atoms with Crippen LogP contribution >= 0.6 is 0 Å². The lowest BCUT2D eigenvalue weighted by Gasteiger charge is -2.14. The molecule has 0 N–H and O–H groups in total. The van der Waals surface area contributed by atoms with Gasteiger partial charge in [-0.15, -0.1) is 0 Å². The molecule has 0 saturated carbocycles. The zero-order chi connectivity index (χ0) is 24.6. The molecule has 0 bridgehead atoms. The van der Waals surface area contributed by atoms with Crippen molar-refractivity contribution in [1.29, 1.82) is 0 Å². The lowest BCUT2D eigenvalue weighted by molar-refractivity contribution is 0.101. The summed E-state index contributed by atoms with van der Waals surface area (Å²) >= 11 is 0. The van der Waals surface area contributed by atoms with E-state index in [1.807, 2.05) is 24.3 Å². The monoisotopic (exact) mass is 460 g/mol. The van der Waals surface area contributed by atoms with E-state index in [1.54, 1.807) is 7.11 Å². The van der Waals surface area contributed by atoms with E-state index in [-0.39, 0.29) is 11.7 Å². The quantitative estimate of drug-likeness (QED) is 0.362. The van der Waals surface area contributed by atoms with Crippen molar-refractivity contribution in [3.05, 3.63) is 64.5 Å². The van der Waals surface area contributed by atoms with Gasteiger partial charge in [0.1, 0.15) is 11.5 Å². The Balaban J connectivity index is 1.77. The van der Waals surface area contributed by atoms with Crippen molar-refractivity contribution in [3.8, 4) is 11.5 Å². The molecule has 0 amide bonds. The van der Waals surface area contributed by atoms with E-state index < -0.39 is 0 Å². The van der Waals surface area contributed by atoms with Gasteiger partial charge in [0.2, 0.25) is 5.78 Å². The molecule has 1 aliphatic rings. The third kappa shape index (κ3) is 4.62. The lowest BCUT2D eigenvalue weighted by atomic mass is 9.89. The molecule has 0 spiro atoms. The van der Waals surface area contributed by atoms with Gasteiger partial charge in [0.05, 0.1) is 12.7 Å². The number of allylic oxidation sites excluding steroid dienone is 1. The van der Waals surface area contributed by atoms with Gasteiger partial charge < -0.3 is 18.9 Å². The van der Waals surface area contributed by atoms with Gasteiger partial charge in [-0.25, -0.2) is 0 Å². The summed E-state index contributed by atoms with van der Waals surface area (Å²) in [5, 5.41) is 1.05. The van der Waals surface area contributed by atoms with Gasteiger partial charge in [0.25, 0.3) is 0 Å². The molecule has 1 aromatic heterocycles. The molecule has 0 fully saturated rings. The molecule has 3 aromatic rings. The number of carbonyl (C=O) groups is 1. The Hall–Kier alpha value is -3.05. The van der Waals surface area contributed by atoms with Gasteiger partial charge in [-0.3, -0.25) is 4.79 Å². The van der Waals surface area contributed by atoms with Gasteiger partial charge in [-0.05, 0) is 80.4 Å². The fourth-order valence-electron chi connectivity index (χ4n) is 4.58. The first kappa shape index (κ1) is 24.1. The van der Waals surface area contributed by atoms with Gasteiger partial charge in [0.15, 0.2) is 5.76 Å². The summed E-state index contributed by atoms with van der Waals surface area (Å²) in [5.41, 5.74) is 5.04. The van der Waals surface area contributed by atoms with Crippen molar-refractivity contribution in [2.45, 2.75) is 52.5 Å². The topological polar surface area (TPSA) is 43.7 Å². The number of fused-ring (bicyclic) bond motifs is 2. The number of ether oxygens (including phenoxy) is 2. The summed E-state index contributed by atoms with van der Waals surface area (Å²) in [5.74, 6) is 2.42. The maximum atomic E-state index is 13.5. The second kappa shape index (κ2) is 9.67. The van der Waals surface area contributed by atoms with Crippen LogP contribution in [0.2, 0.25) is 0 Å². The van der Waals surface area contributed by atoms with Gasteiger partial charge in [-0.1, -0.05) is 33.8 Å². The second-order valence-electron chi connectivity index (χ2n) is 10.1. The number of aromatic nitrogens is 1. The molecule has 0 unspecified atom stereocenters. The van der Waals surface area contributed by atoms with Crippen LogP contribution in [0.25, 0.3) is 17.0 Å². The largest absolute Gasteiger partial charge is 0.497 e. The summed E-state index contributed by atoms with van der Waals surface area (Å²) in [6, 6.07) is 10.3. The van der Waals surface area contributed by atoms with Gasteiger partial charge in [-0.2, -0.15) is 0 Å². The first-order valence-electron chi connectivity index (χ1n) is 12.1. The van der Waals surface area contributed by atoms with E-state index in [1.165, 1.54) is 5.56 Å². The molecule has 4 rings (SSSR count). The zero-order valence-corrected chi connectivity index (χ0v) is 21.4. The normalized spacial score (nSPS) is 14.6. The summed E-state index contributed by atoms with van der Waals surface area (Å²) in [6.45, 7) is 10.5. The molecule has 34 heavy (non-hydrogen) atoms. The van der Waals surface area contributed by atoms with E-state index >= 15 is 0 Å². The van der Waals surface area contributed by atoms with E-state index in [0.29, 0.717) is 23.0 Å². The van der Waals surface area contributed by atoms with Crippen LogP contribution in [-0.2, 0) is 6.54 Å². The average molecular weight is 461 g/mol. The molecule has 5 nitrogen and oxygen atoms in total. The first-order valence-corrected chi connectivity index (χ1v) is 12.1. The predicted octanol–water partition coefficient (Wildman–Crippen LogP) is 6.46. The fraction of sp³-hybridized carbons (Fsp3) is 0.414. The predicted molar refractivity (Wildman–Crippen MR) is 139 cm³/mol. The van der Waals surface area contributed by atoms with Crippen LogP contribution in [0, 0.1) is 0 Å². The molecule has 0 radical (unpaired) electrons. The molecule has 0 atom stereocenters. The highest BCUT2D eigenvalue weighted by atomic mass is 16.5. The number of rotatable bonds is 8. The Morgan fingerprint density at radius 3 is 2.50 bits per heavy atom. The van der Waals surface area contributed by atoms with Crippen LogP contribution in [0.5, 0.6) is 11.5 Å². The van der Waals surface area contributed by atoms with E-state index in [0.717, 1.165) is 47.3 Å². The average Bonchev–Trinajstić information content (AvgIpc) is 3.29. The Kier molecular flexibility index (Phi) is 6.85. The summed E-state index contributed by atoms with van der Waals surface area (Å²) < 4.78 is 13.9. The molecule has 2 aromatic carbocycles. The number of nitrogens with zero attached hydrogens (tertiary/aromatic N) is 2. The second-order valence-corrected chi connectivity index (χ2v) is 10.1. The van der Waals surface area contributed by atoms with Gasteiger partial charge in [0, 0.05) is 29.2 Å². The highest BCUT2D eigenvalue weighted by Crippen LogP contribution is 2.40. The lowest BCUT2D eigenvalue weighted by Crippen LogP contribution is -2.14. The number of hydrogen-bond donors (Lipinski definition) is 0. The number of aryl methyl sites for hydroxylation is 1. The zero-order valence-electron chi connectivity index (χ0n) is 21.4. The number of ketones is 1. The van der Waals surface area contributed by atoms with Crippen molar-refractivity contribution in [2.75, 3.05) is 27.7 Å². The Morgan fingerprint density at radius 2 is 1.85 bits per heavy atom. The fourth-order valence-corrected chi connectivity index (χ4v) is 4.58. The van der Waals surface area contributed by atoms with E-state index in [4.69, 9.17) is 9.47 Å². The Morgan fingerprint density at radius 1 is 1.09 bits per heavy atom. The highest BCUT2D eigenvalue weighted by Gasteiger charge is 2.32. The van der Waals surface area contributed by atoms with Crippen LogP contribution in [0.1, 0.15) is 73.0 Å². The SMILES string of the molecule is COc1ccc2c(c1)c(C=C1Oc3cc(C(C)C)cc(C(C)C)c3C1=O)cn2CCCN(C)C. The molecule has 0 aliphatic carbocycles. The van der Waals surface area contributed by atoms with Crippen LogP contribution in [-0.4, -0.2) is 43.0 Å². The van der Waals surface area contributed by atoms with Crippen LogP contribution < -0.4 is 9.47 Å². The van der Waals surface area contributed by atoms with E-state index in [2.05, 4.69) is 69.6 Å². The maximum Gasteiger partial charge on any atom is 0.232 e. The summed E-state index contributed by atoms with van der Waals surface area (Å²) in [6.07, 6.45) is 5.05. The van der Waals surface area contributed by atoms with Crippen molar-refractivity contribution in [1.82, 2.24) is 9.47 Å². The minimum atomic E-state index is -0.0367. The molecular formula is C29H36N2O3. The molecule has 1 aliphatic heterocycles. The molecule has 180 valence electrons. The Labute approximate surface area is 203 Å². The van der Waals surface area contributed by atoms with Crippen molar-refractivity contribution < 1.29 is 14.3 Å². The third-order valence-corrected chi connectivity index (χ3v) is 6.52.